The van der Waals surface area contributed by atoms with Gasteiger partial charge in [-0.15, -0.1) is 0 Å². The van der Waals surface area contributed by atoms with Gasteiger partial charge < -0.3 is 13.8 Å². The Labute approximate surface area is 155 Å². The fourth-order valence-corrected chi connectivity index (χ4v) is 3.70. The number of nitrogens with one attached hydrogen (secondary N) is 1. The van der Waals surface area contributed by atoms with E-state index in [4.69, 9.17) is 20.9 Å². The van der Waals surface area contributed by atoms with Crippen LogP contribution in [-0.4, -0.2) is 30.2 Å². The maximum atomic E-state index is 12.4. The van der Waals surface area contributed by atoms with Crippen LogP contribution >= 0.6 is 11.6 Å². The standard InChI is InChI=1S/C16H17ClN4O4S/c1-3-21-8-4-5-13(21)16-19-15(25-20-16)10-18-26(22,23)11-6-7-14(24-2)12(17)9-11/h4-9,18H,3,10H2,1-2H3. The molecule has 0 saturated heterocycles. The highest BCUT2D eigenvalue weighted by Gasteiger charge is 2.18. The zero-order valence-electron chi connectivity index (χ0n) is 14.1. The van der Waals surface area contributed by atoms with E-state index in [-0.39, 0.29) is 22.4 Å². The van der Waals surface area contributed by atoms with Gasteiger partial charge in [-0.2, -0.15) is 4.98 Å². The number of halogens is 1. The number of methoxy groups -OCH3 is 1. The van der Waals surface area contributed by atoms with Crippen molar-refractivity contribution in [2.75, 3.05) is 7.11 Å². The quantitative estimate of drug-likeness (QED) is 0.659. The SMILES string of the molecule is CCn1cccc1-c1noc(CNS(=O)(=O)c2ccc(OC)c(Cl)c2)n1. The van der Waals surface area contributed by atoms with Crippen molar-refractivity contribution in [3.63, 3.8) is 0 Å². The topological polar surface area (TPSA) is 99.2 Å². The van der Waals surface area contributed by atoms with Crippen molar-refractivity contribution in [2.24, 2.45) is 0 Å². The summed E-state index contributed by atoms with van der Waals surface area (Å²) in [6.45, 7) is 2.63. The first-order valence-electron chi connectivity index (χ1n) is 7.76. The number of ether oxygens (including phenoxy) is 1. The van der Waals surface area contributed by atoms with E-state index in [1.165, 1.54) is 25.3 Å². The number of aryl methyl sites for hydroxylation is 1. The van der Waals surface area contributed by atoms with Gasteiger partial charge in [0.05, 0.1) is 29.3 Å². The molecule has 138 valence electrons. The van der Waals surface area contributed by atoms with E-state index in [0.717, 1.165) is 12.2 Å². The average Bonchev–Trinajstić information content (AvgIpc) is 3.28. The molecule has 0 radical (unpaired) electrons. The van der Waals surface area contributed by atoms with E-state index in [1.807, 2.05) is 29.8 Å². The van der Waals surface area contributed by atoms with Crippen molar-refractivity contribution in [3.05, 3.63) is 47.4 Å². The Morgan fingerprint density at radius 1 is 1.35 bits per heavy atom. The Morgan fingerprint density at radius 2 is 2.15 bits per heavy atom. The van der Waals surface area contributed by atoms with Crippen molar-refractivity contribution >= 4 is 21.6 Å². The highest BCUT2D eigenvalue weighted by Crippen LogP contribution is 2.27. The van der Waals surface area contributed by atoms with Crippen LogP contribution < -0.4 is 9.46 Å². The minimum Gasteiger partial charge on any atom is -0.495 e. The molecule has 0 aliphatic heterocycles. The summed E-state index contributed by atoms with van der Waals surface area (Å²) < 4.78 is 39.3. The number of hydrogen-bond acceptors (Lipinski definition) is 6. The summed E-state index contributed by atoms with van der Waals surface area (Å²) in [5, 5.41) is 4.10. The maximum Gasteiger partial charge on any atom is 0.242 e. The van der Waals surface area contributed by atoms with E-state index in [0.29, 0.717) is 11.6 Å². The van der Waals surface area contributed by atoms with Gasteiger partial charge >= 0.3 is 0 Å². The van der Waals surface area contributed by atoms with Crippen LogP contribution in [0.3, 0.4) is 0 Å². The lowest BCUT2D eigenvalue weighted by Crippen LogP contribution is -2.23. The first kappa shape index (κ1) is 18.4. The molecule has 1 N–H and O–H groups in total. The lowest BCUT2D eigenvalue weighted by Gasteiger charge is -2.07. The maximum absolute atomic E-state index is 12.4. The number of rotatable bonds is 7. The normalized spacial score (nSPS) is 11.7. The molecule has 0 aliphatic carbocycles. The smallest absolute Gasteiger partial charge is 0.242 e. The van der Waals surface area contributed by atoms with Crippen molar-refractivity contribution in [1.29, 1.82) is 0 Å². The van der Waals surface area contributed by atoms with Gasteiger partial charge in [0.15, 0.2) is 0 Å². The minimum atomic E-state index is -3.79. The van der Waals surface area contributed by atoms with Crippen molar-refractivity contribution < 1.29 is 17.7 Å². The number of benzene rings is 1. The summed E-state index contributed by atoms with van der Waals surface area (Å²) in [7, 11) is -2.33. The lowest BCUT2D eigenvalue weighted by atomic mass is 10.3. The van der Waals surface area contributed by atoms with E-state index >= 15 is 0 Å². The first-order chi connectivity index (χ1) is 12.4. The van der Waals surface area contributed by atoms with Gasteiger partial charge in [-0.1, -0.05) is 16.8 Å². The second-order valence-corrected chi connectivity index (χ2v) is 7.49. The summed E-state index contributed by atoms with van der Waals surface area (Å²) in [5.74, 6) is 0.955. The summed E-state index contributed by atoms with van der Waals surface area (Å²) in [5.41, 5.74) is 0.798. The molecule has 26 heavy (non-hydrogen) atoms. The van der Waals surface area contributed by atoms with Crippen molar-refractivity contribution in [2.45, 2.75) is 24.9 Å². The molecule has 2 aromatic heterocycles. The molecule has 0 aliphatic rings. The lowest BCUT2D eigenvalue weighted by molar-refractivity contribution is 0.375. The molecule has 0 amide bonds. The van der Waals surface area contributed by atoms with Gasteiger partial charge in [0, 0.05) is 12.7 Å². The van der Waals surface area contributed by atoms with Gasteiger partial charge in [-0.25, -0.2) is 13.1 Å². The predicted molar refractivity (Wildman–Crippen MR) is 95.4 cm³/mol. The van der Waals surface area contributed by atoms with E-state index < -0.39 is 10.0 Å². The minimum absolute atomic E-state index is 0.0166. The summed E-state index contributed by atoms with van der Waals surface area (Å²) in [6.07, 6.45) is 1.90. The van der Waals surface area contributed by atoms with E-state index in [9.17, 15) is 8.42 Å². The molecule has 10 heteroatoms. The van der Waals surface area contributed by atoms with Gasteiger partial charge in [0.25, 0.3) is 0 Å². The van der Waals surface area contributed by atoms with Crippen LogP contribution in [0, 0.1) is 0 Å². The highest BCUT2D eigenvalue weighted by atomic mass is 35.5. The molecule has 8 nitrogen and oxygen atoms in total. The predicted octanol–water partition coefficient (Wildman–Crippen LogP) is 2.70. The Hall–Kier alpha value is -2.36. The fraction of sp³-hybridized carbons (Fsp3) is 0.250. The molecule has 3 aromatic rings. The highest BCUT2D eigenvalue weighted by molar-refractivity contribution is 7.89. The number of aromatic nitrogens is 3. The second kappa shape index (κ2) is 7.48. The third-order valence-electron chi connectivity index (χ3n) is 3.71. The first-order valence-corrected chi connectivity index (χ1v) is 9.62. The Morgan fingerprint density at radius 3 is 2.85 bits per heavy atom. The largest absolute Gasteiger partial charge is 0.495 e. The molecule has 0 fully saturated rings. The third-order valence-corrected chi connectivity index (χ3v) is 5.41. The summed E-state index contributed by atoms with van der Waals surface area (Å²) >= 11 is 5.98. The number of hydrogen-bond donors (Lipinski definition) is 1. The van der Waals surface area contributed by atoms with Crippen LogP contribution in [0.1, 0.15) is 12.8 Å². The molecule has 0 unspecified atom stereocenters. The molecule has 0 atom stereocenters. The fourth-order valence-electron chi connectivity index (χ4n) is 2.38. The number of nitrogens with zero attached hydrogens (tertiary/aromatic N) is 3. The van der Waals surface area contributed by atoms with Crippen LogP contribution in [0.15, 0.2) is 45.9 Å². The third kappa shape index (κ3) is 3.74. The van der Waals surface area contributed by atoms with E-state index in [1.54, 1.807) is 0 Å². The Balaban J connectivity index is 1.73. The van der Waals surface area contributed by atoms with Crippen LogP contribution in [0.4, 0.5) is 0 Å². The van der Waals surface area contributed by atoms with Crippen LogP contribution in [0.5, 0.6) is 5.75 Å². The molecule has 3 rings (SSSR count). The van der Waals surface area contributed by atoms with E-state index in [2.05, 4.69) is 14.9 Å². The molecular weight excluding hydrogens is 380 g/mol. The molecular formula is C16H17ClN4O4S. The van der Waals surface area contributed by atoms with Gasteiger partial charge in [0.2, 0.25) is 21.7 Å². The number of sulfonamides is 1. The van der Waals surface area contributed by atoms with Crippen molar-refractivity contribution in [1.82, 2.24) is 19.4 Å². The zero-order chi connectivity index (χ0) is 18.7. The molecule has 0 spiro atoms. The van der Waals surface area contributed by atoms with Crippen LogP contribution in [0.2, 0.25) is 5.02 Å². The average molecular weight is 397 g/mol. The Kier molecular flexibility index (Phi) is 5.30. The van der Waals surface area contributed by atoms with Crippen LogP contribution in [0.25, 0.3) is 11.5 Å². The van der Waals surface area contributed by atoms with Gasteiger partial charge in [0.1, 0.15) is 5.75 Å². The molecule has 2 heterocycles. The monoisotopic (exact) mass is 396 g/mol. The Bertz CT molecular complexity index is 1010. The summed E-state index contributed by atoms with van der Waals surface area (Å²) in [6, 6.07) is 7.95. The van der Waals surface area contributed by atoms with Gasteiger partial charge in [-0.3, -0.25) is 0 Å². The van der Waals surface area contributed by atoms with Crippen LogP contribution in [-0.2, 0) is 23.1 Å². The zero-order valence-corrected chi connectivity index (χ0v) is 15.7. The molecule has 0 bridgehead atoms. The molecule has 0 saturated carbocycles. The van der Waals surface area contributed by atoms with Gasteiger partial charge in [-0.05, 0) is 37.3 Å². The summed E-state index contributed by atoms with van der Waals surface area (Å²) in [4.78, 5) is 4.25. The molecule has 1 aromatic carbocycles. The second-order valence-electron chi connectivity index (χ2n) is 5.31. The van der Waals surface area contributed by atoms with Crippen molar-refractivity contribution in [3.8, 4) is 17.3 Å².